The molecule has 0 amide bonds. The van der Waals surface area contributed by atoms with E-state index in [1.807, 2.05) is 29.6 Å². The van der Waals surface area contributed by atoms with Crippen LogP contribution in [0.15, 0.2) is 29.6 Å². The van der Waals surface area contributed by atoms with E-state index in [9.17, 15) is 0 Å². The number of anilines is 1. The summed E-state index contributed by atoms with van der Waals surface area (Å²) >= 11 is 1.56. The van der Waals surface area contributed by atoms with E-state index in [4.69, 9.17) is 15.3 Å². The lowest BCUT2D eigenvalue weighted by atomic mass is 10.1. The fourth-order valence-corrected chi connectivity index (χ4v) is 2.30. The molecule has 1 heterocycles. The maximum Gasteiger partial charge on any atom is 0.161 e. The molecule has 2 rings (SSSR count). The van der Waals surface area contributed by atoms with Crippen molar-refractivity contribution in [2.75, 3.05) is 19.6 Å². The van der Waals surface area contributed by atoms with Gasteiger partial charge in [-0.05, 0) is 29.3 Å². The molecule has 0 atom stereocenters. The van der Waals surface area contributed by atoms with Gasteiger partial charge >= 0.3 is 0 Å². The van der Waals surface area contributed by atoms with Crippen molar-refractivity contribution in [3.8, 4) is 22.6 Å². The molecule has 4 nitrogen and oxygen atoms in total. The number of rotatable bonds is 4. The first-order chi connectivity index (χ1) is 8.28. The molecule has 0 saturated heterocycles. The SMILES string of the molecule is COc1ccc(-c2csc(NN)c2)cc1OC. The summed E-state index contributed by atoms with van der Waals surface area (Å²) in [6.45, 7) is 0. The number of methoxy groups -OCH3 is 2. The lowest BCUT2D eigenvalue weighted by Crippen LogP contribution is -2.04. The number of benzene rings is 1. The van der Waals surface area contributed by atoms with Gasteiger partial charge in [0, 0.05) is 5.38 Å². The second-order valence-corrected chi connectivity index (χ2v) is 4.32. The number of thiophene rings is 1. The van der Waals surface area contributed by atoms with Crippen LogP contribution in [0.2, 0.25) is 0 Å². The molecule has 90 valence electrons. The minimum atomic E-state index is 0.721. The van der Waals surface area contributed by atoms with Crippen molar-refractivity contribution >= 4 is 16.3 Å². The Morgan fingerprint density at radius 3 is 2.41 bits per heavy atom. The molecule has 2 aromatic rings. The normalized spacial score (nSPS) is 10.1. The standard InChI is InChI=1S/C12H14N2O2S/c1-15-10-4-3-8(5-11(10)16-2)9-6-12(14-13)17-7-9/h3-7,14H,13H2,1-2H3. The number of hydrogen-bond acceptors (Lipinski definition) is 5. The van der Waals surface area contributed by atoms with Gasteiger partial charge < -0.3 is 14.9 Å². The summed E-state index contributed by atoms with van der Waals surface area (Å²) in [5.41, 5.74) is 4.80. The number of hydrazine groups is 1. The van der Waals surface area contributed by atoms with Crippen LogP contribution in [0.4, 0.5) is 5.00 Å². The lowest BCUT2D eigenvalue weighted by Gasteiger charge is -2.08. The third kappa shape index (κ3) is 2.35. The van der Waals surface area contributed by atoms with Crippen LogP contribution in [0.25, 0.3) is 11.1 Å². The largest absolute Gasteiger partial charge is 0.493 e. The molecule has 0 fully saturated rings. The Morgan fingerprint density at radius 1 is 1.06 bits per heavy atom. The zero-order chi connectivity index (χ0) is 12.3. The van der Waals surface area contributed by atoms with Crippen molar-refractivity contribution < 1.29 is 9.47 Å². The second kappa shape index (κ2) is 5.07. The van der Waals surface area contributed by atoms with Crippen molar-refractivity contribution in [2.24, 2.45) is 5.84 Å². The van der Waals surface area contributed by atoms with Crippen molar-refractivity contribution in [1.29, 1.82) is 0 Å². The molecule has 1 aromatic carbocycles. The molecule has 17 heavy (non-hydrogen) atoms. The summed E-state index contributed by atoms with van der Waals surface area (Å²) < 4.78 is 10.5. The molecule has 0 aliphatic heterocycles. The Labute approximate surface area is 104 Å². The number of nitrogen functional groups attached to an aromatic ring is 1. The smallest absolute Gasteiger partial charge is 0.161 e. The Bertz CT molecular complexity index is 511. The van der Waals surface area contributed by atoms with Gasteiger partial charge in [-0.1, -0.05) is 6.07 Å². The van der Waals surface area contributed by atoms with Crippen LogP contribution in [-0.2, 0) is 0 Å². The number of ether oxygens (including phenoxy) is 2. The van der Waals surface area contributed by atoms with E-state index in [0.717, 1.165) is 27.6 Å². The Kier molecular flexibility index (Phi) is 3.51. The van der Waals surface area contributed by atoms with Crippen molar-refractivity contribution in [2.45, 2.75) is 0 Å². The first-order valence-corrected chi connectivity index (χ1v) is 5.94. The predicted octanol–water partition coefficient (Wildman–Crippen LogP) is 2.72. The first kappa shape index (κ1) is 11.8. The highest BCUT2D eigenvalue weighted by Crippen LogP contribution is 2.34. The number of hydrogen-bond donors (Lipinski definition) is 2. The second-order valence-electron chi connectivity index (χ2n) is 3.41. The van der Waals surface area contributed by atoms with Gasteiger partial charge in [0.25, 0.3) is 0 Å². The van der Waals surface area contributed by atoms with E-state index >= 15 is 0 Å². The molecule has 1 aromatic heterocycles. The number of nitrogens with two attached hydrogens (primary N) is 1. The summed E-state index contributed by atoms with van der Waals surface area (Å²) in [6.07, 6.45) is 0. The zero-order valence-corrected chi connectivity index (χ0v) is 10.5. The fraction of sp³-hybridized carbons (Fsp3) is 0.167. The highest BCUT2D eigenvalue weighted by atomic mass is 32.1. The minimum Gasteiger partial charge on any atom is -0.493 e. The zero-order valence-electron chi connectivity index (χ0n) is 9.69. The van der Waals surface area contributed by atoms with Crippen LogP contribution in [-0.4, -0.2) is 14.2 Å². The highest BCUT2D eigenvalue weighted by molar-refractivity contribution is 7.14. The molecule has 0 aliphatic carbocycles. The maximum atomic E-state index is 5.36. The van der Waals surface area contributed by atoms with E-state index in [1.165, 1.54) is 0 Å². The van der Waals surface area contributed by atoms with Crippen molar-refractivity contribution in [3.05, 3.63) is 29.6 Å². The summed E-state index contributed by atoms with van der Waals surface area (Å²) in [5.74, 6) is 6.81. The maximum absolute atomic E-state index is 5.36. The van der Waals surface area contributed by atoms with Crippen LogP contribution in [0.5, 0.6) is 11.5 Å². The summed E-state index contributed by atoms with van der Waals surface area (Å²) in [5, 5.41) is 2.96. The van der Waals surface area contributed by atoms with Crippen molar-refractivity contribution in [3.63, 3.8) is 0 Å². The van der Waals surface area contributed by atoms with Crippen LogP contribution in [0.3, 0.4) is 0 Å². The van der Waals surface area contributed by atoms with Gasteiger partial charge in [-0.15, -0.1) is 11.3 Å². The van der Waals surface area contributed by atoms with Gasteiger partial charge in [0.15, 0.2) is 11.5 Å². The third-order valence-electron chi connectivity index (χ3n) is 2.46. The molecule has 0 bridgehead atoms. The summed E-state index contributed by atoms with van der Waals surface area (Å²) in [7, 11) is 3.25. The monoisotopic (exact) mass is 250 g/mol. The topological polar surface area (TPSA) is 56.5 Å². The third-order valence-corrected chi connectivity index (χ3v) is 3.32. The molecular formula is C12H14N2O2S. The number of nitrogens with one attached hydrogen (secondary N) is 1. The van der Waals surface area contributed by atoms with E-state index in [2.05, 4.69) is 5.43 Å². The average molecular weight is 250 g/mol. The highest BCUT2D eigenvalue weighted by Gasteiger charge is 2.07. The molecule has 0 aliphatic rings. The van der Waals surface area contributed by atoms with Crippen LogP contribution in [0, 0.1) is 0 Å². The van der Waals surface area contributed by atoms with E-state index in [-0.39, 0.29) is 0 Å². The van der Waals surface area contributed by atoms with Crippen molar-refractivity contribution in [1.82, 2.24) is 0 Å². The van der Waals surface area contributed by atoms with Gasteiger partial charge in [-0.3, -0.25) is 0 Å². The minimum absolute atomic E-state index is 0.721. The summed E-state index contributed by atoms with van der Waals surface area (Å²) in [4.78, 5) is 0. The quantitative estimate of drug-likeness (QED) is 0.647. The molecule has 0 saturated carbocycles. The summed E-state index contributed by atoms with van der Waals surface area (Å²) in [6, 6.07) is 7.82. The molecule has 0 spiro atoms. The molecule has 5 heteroatoms. The molecular weight excluding hydrogens is 236 g/mol. The fourth-order valence-electron chi connectivity index (χ4n) is 1.58. The predicted molar refractivity (Wildman–Crippen MR) is 70.7 cm³/mol. The van der Waals surface area contributed by atoms with Crippen LogP contribution in [0.1, 0.15) is 0 Å². The average Bonchev–Trinajstić information content (AvgIpc) is 2.86. The van der Waals surface area contributed by atoms with E-state index in [0.29, 0.717) is 0 Å². The van der Waals surface area contributed by atoms with Gasteiger partial charge in [0.1, 0.15) is 5.00 Å². The molecule has 0 unspecified atom stereocenters. The molecule has 0 radical (unpaired) electrons. The van der Waals surface area contributed by atoms with E-state index in [1.54, 1.807) is 25.6 Å². The van der Waals surface area contributed by atoms with Crippen LogP contribution < -0.4 is 20.7 Å². The van der Waals surface area contributed by atoms with Gasteiger partial charge in [-0.2, -0.15) is 0 Å². The van der Waals surface area contributed by atoms with Crippen LogP contribution >= 0.6 is 11.3 Å². The Morgan fingerprint density at radius 2 is 1.82 bits per heavy atom. The Balaban J connectivity index is 2.38. The molecule has 3 N–H and O–H groups in total. The van der Waals surface area contributed by atoms with E-state index < -0.39 is 0 Å². The van der Waals surface area contributed by atoms with Gasteiger partial charge in [-0.25, -0.2) is 5.84 Å². The van der Waals surface area contributed by atoms with Gasteiger partial charge in [0.2, 0.25) is 0 Å². The Hall–Kier alpha value is -1.72. The lowest BCUT2D eigenvalue weighted by molar-refractivity contribution is 0.355. The first-order valence-electron chi connectivity index (χ1n) is 5.06. The van der Waals surface area contributed by atoms with Gasteiger partial charge in [0.05, 0.1) is 14.2 Å².